The van der Waals surface area contributed by atoms with Crippen molar-refractivity contribution in [2.24, 2.45) is 0 Å². The van der Waals surface area contributed by atoms with Gasteiger partial charge in [0.15, 0.2) is 0 Å². The van der Waals surface area contributed by atoms with Crippen LogP contribution < -0.4 is 5.32 Å². The molecular formula is C17H26Cl2N2. The van der Waals surface area contributed by atoms with Gasteiger partial charge in [-0.25, -0.2) is 0 Å². The zero-order valence-corrected chi connectivity index (χ0v) is 14.8. The molecule has 1 saturated heterocycles. The summed E-state index contributed by atoms with van der Waals surface area (Å²) in [6.45, 7) is 7.09. The quantitative estimate of drug-likeness (QED) is 0.862. The molecule has 2 rings (SSSR count). The molecule has 1 aromatic carbocycles. The molecule has 1 unspecified atom stereocenters. The molecule has 21 heavy (non-hydrogen) atoms. The first-order valence-electron chi connectivity index (χ1n) is 7.81. The summed E-state index contributed by atoms with van der Waals surface area (Å²) in [5.74, 6) is 0. The zero-order valence-electron chi connectivity index (χ0n) is 13.3. The molecule has 1 fully saturated rings. The van der Waals surface area contributed by atoms with E-state index in [1.807, 2.05) is 19.2 Å². The van der Waals surface area contributed by atoms with Crippen LogP contribution in [-0.2, 0) is 6.42 Å². The van der Waals surface area contributed by atoms with E-state index in [2.05, 4.69) is 30.1 Å². The molecule has 0 bridgehead atoms. The van der Waals surface area contributed by atoms with E-state index in [9.17, 15) is 0 Å². The topological polar surface area (TPSA) is 15.3 Å². The summed E-state index contributed by atoms with van der Waals surface area (Å²) >= 11 is 12.1. The van der Waals surface area contributed by atoms with Gasteiger partial charge in [-0.05, 0) is 70.9 Å². The third-order valence-electron chi connectivity index (χ3n) is 4.80. The lowest BCUT2D eigenvalue weighted by Crippen LogP contribution is -2.59. The van der Waals surface area contributed by atoms with Crippen LogP contribution in [0.4, 0.5) is 0 Å². The maximum absolute atomic E-state index is 6.14. The fourth-order valence-electron chi connectivity index (χ4n) is 3.30. The molecule has 0 amide bonds. The number of halogens is 2. The maximum atomic E-state index is 6.14. The van der Waals surface area contributed by atoms with Crippen molar-refractivity contribution in [3.05, 3.63) is 33.8 Å². The average Bonchev–Trinajstić information content (AvgIpc) is 2.49. The average molecular weight is 329 g/mol. The minimum absolute atomic E-state index is 0.126. The van der Waals surface area contributed by atoms with Gasteiger partial charge in [0.2, 0.25) is 0 Å². The van der Waals surface area contributed by atoms with E-state index in [1.165, 1.54) is 37.9 Å². The van der Waals surface area contributed by atoms with Crippen molar-refractivity contribution in [3.63, 3.8) is 0 Å². The van der Waals surface area contributed by atoms with E-state index in [1.54, 1.807) is 0 Å². The predicted molar refractivity (Wildman–Crippen MR) is 92.5 cm³/mol. The Labute approximate surface area is 138 Å². The number of hydrogen-bond acceptors (Lipinski definition) is 2. The summed E-state index contributed by atoms with van der Waals surface area (Å²) < 4.78 is 0. The third kappa shape index (κ3) is 4.13. The Morgan fingerprint density at radius 1 is 1.14 bits per heavy atom. The van der Waals surface area contributed by atoms with Crippen LogP contribution in [0.25, 0.3) is 0 Å². The minimum atomic E-state index is 0.126. The largest absolute Gasteiger partial charge is 0.315 e. The SMILES string of the molecule is CNC(Cc1ccc(Cl)c(Cl)c1)C(C)(C)N1CCCCC1. The van der Waals surface area contributed by atoms with Crippen molar-refractivity contribution < 1.29 is 0 Å². The monoisotopic (exact) mass is 328 g/mol. The molecular weight excluding hydrogens is 303 g/mol. The van der Waals surface area contributed by atoms with Crippen LogP contribution in [0.1, 0.15) is 38.7 Å². The van der Waals surface area contributed by atoms with Gasteiger partial charge in [0, 0.05) is 11.6 Å². The molecule has 1 atom stereocenters. The van der Waals surface area contributed by atoms with Crippen molar-refractivity contribution in [1.29, 1.82) is 0 Å². The Bertz CT molecular complexity index is 468. The number of piperidine rings is 1. The number of benzene rings is 1. The highest BCUT2D eigenvalue weighted by atomic mass is 35.5. The molecule has 1 aliphatic heterocycles. The van der Waals surface area contributed by atoms with E-state index in [4.69, 9.17) is 23.2 Å². The lowest BCUT2D eigenvalue weighted by atomic mass is 9.86. The van der Waals surface area contributed by atoms with Crippen LogP contribution in [0, 0.1) is 0 Å². The highest BCUT2D eigenvalue weighted by Crippen LogP contribution is 2.28. The first-order chi connectivity index (χ1) is 9.95. The van der Waals surface area contributed by atoms with Crippen LogP contribution in [0.2, 0.25) is 10.0 Å². The molecule has 0 saturated carbocycles. The van der Waals surface area contributed by atoms with Gasteiger partial charge in [0.25, 0.3) is 0 Å². The number of likely N-dealkylation sites (N-methyl/N-ethyl adjacent to an activating group) is 1. The molecule has 1 heterocycles. The summed E-state index contributed by atoms with van der Waals surface area (Å²) in [5, 5.41) is 4.77. The van der Waals surface area contributed by atoms with Crippen LogP contribution >= 0.6 is 23.2 Å². The summed E-state index contributed by atoms with van der Waals surface area (Å²) in [6, 6.07) is 6.33. The van der Waals surface area contributed by atoms with Crippen molar-refractivity contribution in [2.75, 3.05) is 20.1 Å². The summed E-state index contributed by atoms with van der Waals surface area (Å²) in [7, 11) is 2.05. The number of nitrogens with zero attached hydrogens (tertiary/aromatic N) is 1. The lowest BCUT2D eigenvalue weighted by molar-refractivity contribution is 0.0635. The van der Waals surface area contributed by atoms with E-state index < -0.39 is 0 Å². The predicted octanol–water partition coefficient (Wildman–Crippen LogP) is 4.39. The second-order valence-electron chi connectivity index (χ2n) is 6.50. The van der Waals surface area contributed by atoms with Gasteiger partial charge in [-0.15, -0.1) is 0 Å². The second-order valence-corrected chi connectivity index (χ2v) is 7.31. The van der Waals surface area contributed by atoms with Gasteiger partial charge in [-0.3, -0.25) is 4.90 Å². The Hall–Kier alpha value is -0.280. The molecule has 4 heteroatoms. The van der Waals surface area contributed by atoms with E-state index in [0.717, 1.165) is 6.42 Å². The molecule has 1 N–H and O–H groups in total. The van der Waals surface area contributed by atoms with Gasteiger partial charge in [0.1, 0.15) is 0 Å². The fraction of sp³-hybridized carbons (Fsp3) is 0.647. The molecule has 0 spiro atoms. The van der Waals surface area contributed by atoms with E-state index in [0.29, 0.717) is 16.1 Å². The smallest absolute Gasteiger partial charge is 0.0595 e. The van der Waals surface area contributed by atoms with Gasteiger partial charge in [0.05, 0.1) is 10.0 Å². The summed E-state index contributed by atoms with van der Waals surface area (Å²) in [4.78, 5) is 2.62. The third-order valence-corrected chi connectivity index (χ3v) is 5.54. The molecule has 0 radical (unpaired) electrons. The maximum Gasteiger partial charge on any atom is 0.0595 e. The van der Waals surface area contributed by atoms with Crippen molar-refractivity contribution >= 4 is 23.2 Å². The van der Waals surface area contributed by atoms with Crippen LogP contribution in [0.3, 0.4) is 0 Å². The number of rotatable bonds is 5. The van der Waals surface area contributed by atoms with Gasteiger partial charge >= 0.3 is 0 Å². The number of hydrogen-bond donors (Lipinski definition) is 1. The van der Waals surface area contributed by atoms with Crippen LogP contribution in [-0.4, -0.2) is 36.6 Å². The lowest BCUT2D eigenvalue weighted by Gasteiger charge is -2.46. The Kier molecular flexibility index (Phi) is 5.96. The summed E-state index contributed by atoms with van der Waals surface area (Å²) in [6.07, 6.45) is 4.94. The molecule has 0 aliphatic carbocycles. The Morgan fingerprint density at radius 2 is 1.81 bits per heavy atom. The van der Waals surface area contributed by atoms with E-state index in [-0.39, 0.29) is 5.54 Å². The van der Waals surface area contributed by atoms with Gasteiger partial charge in [-0.1, -0.05) is 35.7 Å². The molecule has 1 aromatic rings. The number of likely N-dealkylation sites (tertiary alicyclic amines) is 1. The van der Waals surface area contributed by atoms with E-state index >= 15 is 0 Å². The molecule has 0 aromatic heterocycles. The summed E-state index contributed by atoms with van der Waals surface area (Å²) in [5.41, 5.74) is 1.36. The van der Waals surface area contributed by atoms with Crippen LogP contribution in [0.15, 0.2) is 18.2 Å². The normalized spacial score (nSPS) is 18.7. The number of nitrogens with one attached hydrogen (secondary N) is 1. The first kappa shape index (κ1) is 17.1. The minimum Gasteiger partial charge on any atom is -0.315 e. The standard InChI is InChI=1S/C17H26Cl2N2/c1-17(2,21-9-5-4-6-10-21)16(20-3)12-13-7-8-14(18)15(19)11-13/h7-8,11,16,20H,4-6,9-10,12H2,1-3H3. The highest BCUT2D eigenvalue weighted by molar-refractivity contribution is 6.42. The Balaban J connectivity index is 2.12. The molecule has 2 nitrogen and oxygen atoms in total. The fourth-order valence-corrected chi connectivity index (χ4v) is 3.62. The second kappa shape index (κ2) is 7.32. The van der Waals surface area contributed by atoms with Crippen molar-refractivity contribution in [2.45, 2.75) is 51.1 Å². The van der Waals surface area contributed by atoms with Crippen molar-refractivity contribution in [3.8, 4) is 0 Å². The van der Waals surface area contributed by atoms with Gasteiger partial charge in [-0.2, -0.15) is 0 Å². The zero-order chi connectivity index (χ0) is 15.5. The Morgan fingerprint density at radius 3 is 2.38 bits per heavy atom. The van der Waals surface area contributed by atoms with Crippen molar-refractivity contribution in [1.82, 2.24) is 10.2 Å². The highest BCUT2D eigenvalue weighted by Gasteiger charge is 2.35. The van der Waals surface area contributed by atoms with Gasteiger partial charge < -0.3 is 5.32 Å². The first-order valence-corrected chi connectivity index (χ1v) is 8.57. The van der Waals surface area contributed by atoms with Crippen LogP contribution in [0.5, 0.6) is 0 Å². The molecule has 1 aliphatic rings. The molecule has 118 valence electrons.